The maximum Gasteiger partial charge on any atom is 0.249 e. The number of amides is 2. The number of rotatable bonds is 17. The van der Waals surface area contributed by atoms with E-state index in [2.05, 4.69) is 46.8 Å². The summed E-state index contributed by atoms with van der Waals surface area (Å²) in [5.74, 6) is -0.470. The highest BCUT2D eigenvalue weighted by Gasteiger charge is 2.35. The maximum absolute atomic E-state index is 14.6. The first kappa shape index (κ1) is 36.7. The number of likely N-dealkylation sites (tertiary alicyclic amines) is 1. The fraction of sp³-hybridized carbons (Fsp3) is 0.500. The molecule has 3 aromatic carbocycles. The lowest BCUT2D eigenvalue weighted by molar-refractivity contribution is -0.149. The monoisotopic (exact) mass is 669 g/mol. The molecule has 5 atom stereocenters. The summed E-state index contributed by atoms with van der Waals surface area (Å²) in [5, 5.41) is 18.3. The predicted octanol–water partition coefficient (Wildman–Crippen LogP) is 3.95. The molecule has 49 heavy (non-hydrogen) atoms. The molecule has 0 saturated carbocycles. The van der Waals surface area contributed by atoms with Crippen LogP contribution in [-0.4, -0.2) is 116 Å². The van der Waals surface area contributed by atoms with Gasteiger partial charge >= 0.3 is 0 Å². The Kier molecular flexibility index (Phi) is 13.8. The van der Waals surface area contributed by atoms with Crippen LogP contribution >= 0.6 is 0 Å². The van der Waals surface area contributed by atoms with Gasteiger partial charge in [0.25, 0.3) is 0 Å². The van der Waals surface area contributed by atoms with E-state index >= 15 is 0 Å². The van der Waals surface area contributed by atoms with Gasteiger partial charge in [0.2, 0.25) is 11.8 Å². The Balaban J connectivity index is 1.33. The van der Waals surface area contributed by atoms with Crippen molar-refractivity contribution in [2.24, 2.45) is 0 Å². The van der Waals surface area contributed by atoms with E-state index in [0.717, 1.165) is 61.0 Å². The van der Waals surface area contributed by atoms with Gasteiger partial charge in [-0.05, 0) is 87.5 Å². The molecule has 0 radical (unpaired) electrons. The number of benzene rings is 3. The lowest BCUT2D eigenvalue weighted by Gasteiger charge is -2.37. The van der Waals surface area contributed by atoms with Gasteiger partial charge in [-0.2, -0.15) is 0 Å². The molecule has 2 fully saturated rings. The first-order valence-corrected chi connectivity index (χ1v) is 17.9. The molecule has 0 aromatic heterocycles. The maximum atomic E-state index is 14.6. The van der Waals surface area contributed by atoms with Crippen molar-refractivity contribution in [3.8, 4) is 11.1 Å². The van der Waals surface area contributed by atoms with Gasteiger partial charge in [-0.25, -0.2) is 0 Å². The molecule has 2 aliphatic rings. The summed E-state index contributed by atoms with van der Waals surface area (Å²) in [6.07, 6.45) is 5.28. The van der Waals surface area contributed by atoms with Crippen LogP contribution in [0.25, 0.3) is 11.1 Å². The normalized spacial score (nSPS) is 19.8. The first-order chi connectivity index (χ1) is 23.8. The molecule has 9 heteroatoms. The minimum atomic E-state index is -0.949. The number of ether oxygens (including phenoxy) is 1. The number of likely N-dealkylation sites (N-methyl/N-ethyl adjacent to an activating group) is 2. The summed E-state index contributed by atoms with van der Waals surface area (Å²) in [7, 11) is 5.59. The summed E-state index contributed by atoms with van der Waals surface area (Å²) >= 11 is 0. The quantitative estimate of drug-likeness (QED) is 0.187. The second-order valence-electron chi connectivity index (χ2n) is 13.8. The second kappa shape index (κ2) is 18.4. The van der Waals surface area contributed by atoms with Gasteiger partial charge in [0.15, 0.2) is 0 Å². The lowest BCUT2D eigenvalue weighted by Crippen LogP contribution is -2.58. The molecule has 2 heterocycles. The minimum Gasteiger partial charge on any atom is -0.376 e. The van der Waals surface area contributed by atoms with Crippen molar-refractivity contribution in [1.29, 1.82) is 0 Å². The Morgan fingerprint density at radius 2 is 1.57 bits per heavy atom. The van der Waals surface area contributed by atoms with Gasteiger partial charge in [-0.1, -0.05) is 84.9 Å². The van der Waals surface area contributed by atoms with Crippen molar-refractivity contribution in [2.75, 3.05) is 54.0 Å². The Morgan fingerprint density at radius 3 is 2.22 bits per heavy atom. The summed E-state index contributed by atoms with van der Waals surface area (Å²) in [4.78, 5) is 33.7. The standard InChI is InChI=1S/C40H55N5O4/c1-43-25-11-17-35(43)22-24-42-39(47)36(26-30-12-6-4-7-13-30)45(3)40(48)37(44(2)38(46)29-49-28-34-16-10-23-41-34)27-31-18-20-33(21-19-31)32-14-8-5-9-15-32/h4-9,12-15,18-21,34-37,39,41-42,47H,10-11,16-17,22-29H2,1-3H3/t34-,35?,36+,37+,39?/m0/s1. The fourth-order valence-corrected chi connectivity index (χ4v) is 7.13. The number of aliphatic hydroxyl groups excluding tert-OH is 1. The van der Waals surface area contributed by atoms with Crippen molar-refractivity contribution in [3.63, 3.8) is 0 Å². The number of carbonyl (C=O) groups is 2. The fourth-order valence-electron chi connectivity index (χ4n) is 7.13. The van der Waals surface area contributed by atoms with Crippen LogP contribution in [0.5, 0.6) is 0 Å². The molecule has 2 aliphatic heterocycles. The van der Waals surface area contributed by atoms with Gasteiger partial charge in [0.1, 0.15) is 18.9 Å². The van der Waals surface area contributed by atoms with Crippen molar-refractivity contribution in [3.05, 3.63) is 96.1 Å². The van der Waals surface area contributed by atoms with E-state index in [4.69, 9.17) is 4.74 Å². The number of hydrogen-bond acceptors (Lipinski definition) is 7. The molecule has 0 spiro atoms. The topological polar surface area (TPSA) is 97.4 Å². The Bertz CT molecular complexity index is 1430. The zero-order valence-electron chi connectivity index (χ0n) is 29.5. The van der Waals surface area contributed by atoms with Crippen LogP contribution in [0.3, 0.4) is 0 Å². The van der Waals surface area contributed by atoms with E-state index in [9.17, 15) is 14.7 Å². The highest BCUT2D eigenvalue weighted by molar-refractivity contribution is 5.88. The van der Waals surface area contributed by atoms with Crippen molar-refractivity contribution >= 4 is 11.8 Å². The molecule has 9 nitrogen and oxygen atoms in total. The largest absolute Gasteiger partial charge is 0.376 e. The van der Waals surface area contributed by atoms with Gasteiger partial charge in [0, 0.05) is 32.6 Å². The number of nitrogens with one attached hydrogen (secondary N) is 2. The first-order valence-electron chi connectivity index (χ1n) is 17.9. The molecule has 2 unspecified atom stereocenters. The van der Waals surface area contributed by atoms with Gasteiger partial charge < -0.3 is 29.9 Å². The highest BCUT2D eigenvalue weighted by atomic mass is 16.5. The zero-order chi connectivity index (χ0) is 34.6. The molecule has 264 valence electrons. The van der Waals surface area contributed by atoms with Crippen molar-refractivity contribution in [1.82, 2.24) is 25.3 Å². The summed E-state index contributed by atoms with van der Waals surface area (Å²) < 4.78 is 5.83. The third-order valence-corrected chi connectivity index (χ3v) is 10.3. The average molecular weight is 670 g/mol. The Morgan fingerprint density at radius 1 is 0.898 bits per heavy atom. The third kappa shape index (κ3) is 10.4. The van der Waals surface area contributed by atoms with Gasteiger partial charge in [-0.15, -0.1) is 0 Å². The van der Waals surface area contributed by atoms with E-state index in [1.54, 1.807) is 19.0 Å². The number of aliphatic hydroxyl groups is 1. The SMILES string of the molecule is CN1CCCC1CCNC(O)[C@@H](Cc1ccccc1)N(C)C(=O)[C@@H](Cc1ccc(-c2ccccc2)cc1)N(C)C(=O)COC[C@@H]1CCCN1. The van der Waals surface area contributed by atoms with E-state index in [0.29, 0.717) is 32.0 Å². The second-order valence-corrected chi connectivity index (χ2v) is 13.8. The van der Waals surface area contributed by atoms with Crippen LogP contribution < -0.4 is 10.6 Å². The third-order valence-electron chi connectivity index (χ3n) is 10.3. The molecular formula is C40H55N5O4. The van der Waals surface area contributed by atoms with E-state index in [-0.39, 0.29) is 24.5 Å². The predicted molar refractivity (Wildman–Crippen MR) is 195 cm³/mol. The van der Waals surface area contributed by atoms with Gasteiger partial charge in [-0.3, -0.25) is 14.9 Å². The Labute approximate surface area is 292 Å². The molecule has 3 N–H and O–H groups in total. The van der Waals surface area contributed by atoms with Crippen LogP contribution in [0.1, 0.15) is 43.2 Å². The van der Waals surface area contributed by atoms with Gasteiger partial charge in [0.05, 0.1) is 12.6 Å². The molecule has 0 aliphatic carbocycles. The van der Waals surface area contributed by atoms with Crippen LogP contribution in [0, 0.1) is 0 Å². The van der Waals surface area contributed by atoms with Crippen LogP contribution in [0.2, 0.25) is 0 Å². The summed E-state index contributed by atoms with van der Waals surface area (Å²) in [6.45, 7) is 3.09. The molecule has 2 amide bonds. The zero-order valence-corrected chi connectivity index (χ0v) is 29.5. The number of hydrogen-bond donors (Lipinski definition) is 3. The van der Waals surface area contributed by atoms with Crippen LogP contribution in [0.4, 0.5) is 0 Å². The van der Waals surface area contributed by atoms with E-state index in [1.165, 1.54) is 11.3 Å². The van der Waals surface area contributed by atoms with Crippen molar-refractivity contribution in [2.45, 2.75) is 75.3 Å². The molecule has 2 saturated heterocycles. The number of carbonyl (C=O) groups excluding carboxylic acids is 2. The van der Waals surface area contributed by atoms with E-state index < -0.39 is 18.3 Å². The smallest absolute Gasteiger partial charge is 0.249 e. The van der Waals surface area contributed by atoms with E-state index in [1.807, 2.05) is 60.7 Å². The van der Waals surface area contributed by atoms with Crippen molar-refractivity contribution < 1.29 is 19.4 Å². The average Bonchev–Trinajstić information content (AvgIpc) is 3.81. The molecular weight excluding hydrogens is 614 g/mol. The molecule has 5 rings (SSSR count). The van der Waals surface area contributed by atoms with Crippen LogP contribution in [-0.2, 0) is 27.2 Å². The van der Waals surface area contributed by atoms with Crippen LogP contribution in [0.15, 0.2) is 84.9 Å². The summed E-state index contributed by atoms with van der Waals surface area (Å²) in [5.41, 5.74) is 4.17. The number of nitrogens with zero attached hydrogens (tertiary/aromatic N) is 3. The molecule has 0 bridgehead atoms. The summed E-state index contributed by atoms with van der Waals surface area (Å²) in [6, 6.07) is 27.7. The molecule has 3 aromatic rings. The minimum absolute atomic E-state index is 0.0949. The highest BCUT2D eigenvalue weighted by Crippen LogP contribution is 2.22. The lowest BCUT2D eigenvalue weighted by atomic mass is 9.98. The Hall–Kier alpha value is -3.60.